The van der Waals surface area contributed by atoms with E-state index in [1.807, 2.05) is 36.1 Å². The van der Waals surface area contributed by atoms with Gasteiger partial charge in [-0.1, -0.05) is 26.0 Å². The monoisotopic (exact) mass is 397 g/mol. The summed E-state index contributed by atoms with van der Waals surface area (Å²) in [6, 6.07) is 12.0. The third kappa shape index (κ3) is 4.66. The topological polar surface area (TPSA) is 48.0 Å². The van der Waals surface area contributed by atoms with Gasteiger partial charge in [-0.15, -0.1) is 0 Å². The predicted molar refractivity (Wildman–Crippen MR) is 114 cm³/mol. The largest absolute Gasteiger partial charge is 0.493 e. The van der Waals surface area contributed by atoms with Gasteiger partial charge in [-0.05, 0) is 60.2 Å². The van der Waals surface area contributed by atoms with Crippen molar-refractivity contribution in [3.05, 3.63) is 53.1 Å². The molecule has 0 saturated heterocycles. The van der Waals surface area contributed by atoms with E-state index >= 15 is 0 Å². The van der Waals surface area contributed by atoms with E-state index in [4.69, 9.17) is 14.2 Å². The lowest BCUT2D eigenvalue weighted by Gasteiger charge is -2.37. The van der Waals surface area contributed by atoms with Crippen LogP contribution in [0.3, 0.4) is 0 Å². The Bertz CT molecular complexity index is 832. The summed E-state index contributed by atoms with van der Waals surface area (Å²) in [5.74, 6) is 2.38. The minimum Gasteiger partial charge on any atom is -0.493 e. The summed E-state index contributed by atoms with van der Waals surface area (Å²) >= 11 is 0. The summed E-state index contributed by atoms with van der Waals surface area (Å²) in [4.78, 5) is 14.8. The molecule has 0 radical (unpaired) electrons. The van der Waals surface area contributed by atoms with E-state index in [9.17, 15) is 4.79 Å². The van der Waals surface area contributed by atoms with Crippen molar-refractivity contribution in [2.75, 3.05) is 27.4 Å². The fraction of sp³-hybridized carbons (Fsp3) is 0.458. The highest BCUT2D eigenvalue weighted by Crippen LogP contribution is 2.38. The van der Waals surface area contributed by atoms with Crippen LogP contribution in [0.25, 0.3) is 0 Å². The van der Waals surface area contributed by atoms with Crippen molar-refractivity contribution in [1.82, 2.24) is 4.90 Å². The van der Waals surface area contributed by atoms with Gasteiger partial charge in [-0.2, -0.15) is 0 Å². The molecule has 1 aliphatic rings. The average molecular weight is 398 g/mol. The molecule has 2 aromatic rings. The number of amides is 1. The Kier molecular flexibility index (Phi) is 7.02. The quantitative estimate of drug-likeness (QED) is 0.655. The van der Waals surface area contributed by atoms with Crippen LogP contribution < -0.4 is 14.2 Å². The van der Waals surface area contributed by atoms with Crippen LogP contribution in [0.4, 0.5) is 0 Å². The average Bonchev–Trinajstić information content (AvgIpc) is 2.76. The molecule has 0 unspecified atom stereocenters. The SMILES string of the molecule is CCCC(=O)N1CCc2cc(OC)c(OC)cc2[C@H]1COc1ccc(CC)cc1. The molecule has 2 aromatic carbocycles. The fourth-order valence-corrected chi connectivity index (χ4v) is 3.86. The number of methoxy groups -OCH3 is 2. The van der Waals surface area contributed by atoms with Gasteiger partial charge >= 0.3 is 0 Å². The Morgan fingerprint density at radius 2 is 1.76 bits per heavy atom. The number of nitrogens with zero attached hydrogens (tertiary/aromatic N) is 1. The van der Waals surface area contributed by atoms with Crippen molar-refractivity contribution >= 4 is 5.91 Å². The normalized spacial score (nSPS) is 15.6. The first kappa shape index (κ1) is 21.0. The zero-order chi connectivity index (χ0) is 20.8. The predicted octanol–water partition coefficient (Wildman–Crippen LogP) is 4.57. The maximum atomic E-state index is 12.8. The zero-order valence-electron chi connectivity index (χ0n) is 17.9. The summed E-state index contributed by atoms with van der Waals surface area (Å²) in [5, 5.41) is 0. The number of ether oxygens (including phenoxy) is 3. The fourth-order valence-electron chi connectivity index (χ4n) is 3.86. The minimum absolute atomic E-state index is 0.150. The Labute approximate surface area is 173 Å². The molecule has 5 heteroatoms. The van der Waals surface area contributed by atoms with Crippen molar-refractivity contribution < 1.29 is 19.0 Å². The lowest BCUT2D eigenvalue weighted by Crippen LogP contribution is -2.42. The third-order valence-electron chi connectivity index (χ3n) is 5.53. The standard InChI is InChI=1S/C24H31NO4/c1-5-7-24(26)25-13-12-18-14-22(27-3)23(28-4)15-20(18)21(25)16-29-19-10-8-17(6-2)9-11-19/h8-11,14-15,21H,5-7,12-13,16H2,1-4H3/t21-/m1/s1. The third-order valence-corrected chi connectivity index (χ3v) is 5.53. The molecule has 0 fully saturated rings. The molecule has 0 bridgehead atoms. The van der Waals surface area contributed by atoms with Crippen LogP contribution in [0, 0.1) is 0 Å². The molecular formula is C24H31NO4. The summed E-state index contributed by atoms with van der Waals surface area (Å²) in [6.07, 6.45) is 3.18. The van der Waals surface area contributed by atoms with E-state index < -0.39 is 0 Å². The molecule has 0 aliphatic carbocycles. The number of aryl methyl sites for hydroxylation is 1. The van der Waals surface area contributed by atoms with Gasteiger partial charge in [-0.25, -0.2) is 0 Å². The van der Waals surface area contributed by atoms with Crippen LogP contribution in [0.15, 0.2) is 36.4 Å². The van der Waals surface area contributed by atoms with Crippen molar-refractivity contribution in [2.24, 2.45) is 0 Å². The van der Waals surface area contributed by atoms with Crippen molar-refractivity contribution in [3.63, 3.8) is 0 Å². The first-order chi connectivity index (χ1) is 14.1. The van der Waals surface area contributed by atoms with E-state index in [2.05, 4.69) is 19.1 Å². The van der Waals surface area contributed by atoms with Gasteiger partial charge in [0, 0.05) is 13.0 Å². The summed E-state index contributed by atoms with van der Waals surface area (Å²) in [7, 11) is 3.28. The van der Waals surface area contributed by atoms with Gasteiger partial charge in [-0.3, -0.25) is 4.79 Å². The molecule has 5 nitrogen and oxygen atoms in total. The number of carbonyl (C=O) groups excluding carboxylic acids is 1. The molecule has 0 spiro atoms. The van der Waals surface area contributed by atoms with Crippen molar-refractivity contribution in [3.8, 4) is 17.2 Å². The lowest BCUT2D eigenvalue weighted by atomic mass is 9.91. The number of fused-ring (bicyclic) bond motifs is 1. The first-order valence-corrected chi connectivity index (χ1v) is 10.4. The van der Waals surface area contributed by atoms with E-state index in [-0.39, 0.29) is 11.9 Å². The molecule has 1 amide bonds. The lowest BCUT2D eigenvalue weighted by molar-refractivity contribution is -0.135. The second-order valence-corrected chi connectivity index (χ2v) is 7.32. The van der Waals surface area contributed by atoms with Crippen LogP contribution in [0.2, 0.25) is 0 Å². The first-order valence-electron chi connectivity index (χ1n) is 10.4. The van der Waals surface area contributed by atoms with Crippen LogP contribution >= 0.6 is 0 Å². The van der Waals surface area contributed by atoms with Crippen molar-refractivity contribution in [2.45, 2.75) is 45.6 Å². The van der Waals surface area contributed by atoms with Crippen molar-refractivity contribution in [1.29, 1.82) is 0 Å². The highest BCUT2D eigenvalue weighted by atomic mass is 16.5. The molecule has 1 atom stereocenters. The maximum Gasteiger partial charge on any atom is 0.223 e. The zero-order valence-corrected chi connectivity index (χ0v) is 17.9. The highest BCUT2D eigenvalue weighted by molar-refractivity contribution is 5.77. The number of rotatable bonds is 8. The highest BCUT2D eigenvalue weighted by Gasteiger charge is 2.32. The number of hydrogen-bond acceptors (Lipinski definition) is 4. The van der Waals surface area contributed by atoms with Crippen LogP contribution in [0.1, 0.15) is 49.4 Å². The summed E-state index contributed by atoms with van der Waals surface area (Å²) in [5.41, 5.74) is 3.53. The van der Waals surface area contributed by atoms with Gasteiger partial charge < -0.3 is 19.1 Å². The van der Waals surface area contributed by atoms with E-state index in [0.717, 1.165) is 36.3 Å². The molecule has 29 heavy (non-hydrogen) atoms. The van der Waals surface area contributed by atoms with Crippen LogP contribution in [-0.2, 0) is 17.6 Å². The number of hydrogen-bond donors (Lipinski definition) is 0. The number of carbonyl (C=O) groups is 1. The molecular weight excluding hydrogens is 366 g/mol. The Morgan fingerprint density at radius 3 is 2.38 bits per heavy atom. The molecule has 3 rings (SSSR count). The Balaban J connectivity index is 1.90. The van der Waals surface area contributed by atoms with Gasteiger partial charge in [0.2, 0.25) is 5.91 Å². The molecule has 1 heterocycles. The van der Waals surface area contributed by atoms with E-state index in [0.29, 0.717) is 25.3 Å². The summed E-state index contributed by atoms with van der Waals surface area (Å²) in [6.45, 7) is 5.26. The second-order valence-electron chi connectivity index (χ2n) is 7.32. The smallest absolute Gasteiger partial charge is 0.223 e. The summed E-state index contributed by atoms with van der Waals surface area (Å²) < 4.78 is 17.1. The maximum absolute atomic E-state index is 12.8. The molecule has 0 aromatic heterocycles. The van der Waals surface area contributed by atoms with Gasteiger partial charge in [0.25, 0.3) is 0 Å². The molecule has 1 aliphatic heterocycles. The van der Waals surface area contributed by atoms with Crippen LogP contribution in [0.5, 0.6) is 17.2 Å². The second kappa shape index (κ2) is 9.68. The Hall–Kier alpha value is -2.69. The molecule has 0 N–H and O–H groups in total. The van der Waals surface area contributed by atoms with Gasteiger partial charge in [0.15, 0.2) is 11.5 Å². The van der Waals surface area contributed by atoms with E-state index in [1.54, 1.807) is 14.2 Å². The van der Waals surface area contributed by atoms with Gasteiger partial charge in [0.05, 0.1) is 20.3 Å². The number of benzene rings is 2. The molecule has 156 valence electrons. The van der Waals surface area contributed by atoms with Crippen LogP contribution in [-0.4, -0.2) is 38.2 Å². The minimum atomic E-state index is -0.150. The Morgan fingerprint density at radius 1 is 1.07 bits per heavy atom. The molecule has 0 saturated carbocycles. The van der Waals surface area contributed by atoms with E-state index in [1.165, 1.54) is 11.1 Å². The van der Waals surface area contributed by atoms with Gasteiger partial charge in [0.1, 0.15) is 12.4 Å².